The zero-order chi connectivity index (χ0) is 19.9. The molecule has 1 N–H and O–H groups in total. The van der Waals surface area contributed by atoms with Crippen LogP contribution in [-0.2, 0) is 6.61 Å². The van der Waals surface area contributed by atoms with Gasteiger partial charge in [-0.1, -0.05) is 29.8 Å². The third-order valence-electron chi connectivity index (χ3n) is 3.95. The van der Waals surface area contributed by atoms with Gasteiger partial charge in [-0.25, -0.2) is 9.82 Å². The van der Waals surface area contributed by atoms with Crippen molar-refractivity contribution in [3.63, 3.8) is 0 Å². The van der Waals surface area contributed by atoms with Crippen LogP contribution in [-0.4, -0.2) is 12.1 Å². The molecule has 0 saturated carbocycles. The normalized spacial score (nSPS) is 10.8. The summed E-state index contributed by atoms with van der Waals surface area (Å²) in [5, 5.41) is 4.34. The first-order valence-corrected chi connectivity index (χ1v) is 8.96. The molecular formula is C22H18ClFN2O2. The third-order valence-corrected chi connectivity index (χ3v) is 4.26. The number of nitrogens with zero attached hydrogens (tertiary/aromatic N) is 1. The minimum atomic E-state index is -0.375. The Bertz CT molecular complexity index is 986. The lowest BCUT2D eigenvalue weighted by Gasteiger charge is -2.06. The molecule has 0 aromatic heterocycles. The predicted octanol–water partition coefficient (Wildman–Crippen LogP) is 5.13. The summed E-state index contributed by atoms with van der Waals surface area (Å²) in [6.45, 7) is 2.25. The summed E-state index contributed by atoms with van der Waals surface area (Å²) in [5.74, 6) is 0.0292. The molecule has 0 aliphatic heterocycles. The Kier molecular flexibility index (Phi) is 6.40. The molecule has 0 heterocycles. The molecule has 3 rings (SSSR count). The Hall–Kier alpha value is -3.18. The second-order valence-corrected chi connectivity index (χ2v) is 6.57. The highest BCUT2D eigenvalue weighted by Gasteiger charge is 2.09. The van der Waals surface area contributed by atoms with E-state index >= 15 is 0 Å². The fraction of sp³-hybridized carbons (Fsp3) is 0.0909. The quantitative estimate of drug-likeness (QED) is 0.464. The average Bonchev–Trinajstić information content (AvgIpc) is 2.68. The van der Waals surface area contributed by atoms with Gasteiger partial charge in [0.1, 0.15) is 18.2 Å². The molecule has 0 bridgehead atoms. The number of aryl methyl sites for hydroxylation is 1. The van der Waals surface area contributed by atoms with Crippen molar-refractivity contribution < 1.29 is 13.9 Å². The van der Waals surface area contributed by atoms with Gasteiger partial charge in [0.15, 0.2) is 0 Å². The number of nitrogens with one attached hydrogen (secondary N) is 1. The minimum absolute atomic E-state index is 0.274. The lowest BCUT2D eigenvalue weighted by molar-refractivity contribution is 0.0955. The van der Waals surface area contributed by atoms with Gasteiger partial charge in [0, 0.05) is 0 Å². The molecule has 3 aromatic carbocycles. The number of benzene rings is 3. The van der Waals surface area contributed by atoms with Crippen molar-refractivity contribution in [1.82, 2.24) is 5.43 Å². The smallest absolute Gasteiger partial charge is 0.272 e. The molecule has 0 atom stereocenters. The van der Waals surface area contributed by atoms with Gasteiger partial charge in [0.2, 0.25) is 0 Å². The van der Waals surface area contributed by atoms with Gasteiger partial charge in [0.05, 0.1) is 16.8 Å². The number of hydrogen-bond acceptors (Lipinski definition) is 3. The van der Waals surface area contributed by atoms with Crippen LogP contribution in [0.3, 0.4) is 0 Å². The number of hydrogen-bond donors (Lipinski definition) is 1. The first kappa shape index (κ1) is 19.6. The van der Waals surface area contributed by atoms with Crippen LogP contribution in [0.5, 0.6) is 5.75 Å². The predicted molar refractivity (Wildman–Crippen MR) is 108 cm³/mol. The lowest BCUT2D eigenvalue weighted by Crippen LogP contribution is -2.18. The number of amides is 1. The maximum Gasteiger partial charge on any atom is 0.272 e. The van der Waals surface area contributed by atoms with Gasteiger partial charge >= 0.3 is 0 Å². The number of carbonyl (C=O) groups excluding carboxylic acids is 1. The van der Waals surface area contributed by atoms with Crippen LogP contribution in [0, 0.1) is 12.7 Å². The van der Waals surface area contributed by atoms with E-state index in [0.717, 1.165) is 16.7 Å². The van der Waals surface area contributed by atoms with E-state index in [1.54, 1.807) is 36.4 Å². The molecule has 0 fully saturated rings. The van der Waals surface area contributed by atoms with Gasteiger partial charge in [-0.3, -0.25) is 4.79 Å². The zero-order valence-corrected chi connectivity index (χ0v) is 15.9. The van der Waals surface area contributed by atoms with E-state index in [1.807, 2.05) is 25.1 Å². The van der Waals surface area contributed by atoms with E-state index in [0.29, 0.717) is 22.9 Å². The summed E-state index contributed by atoms with van der Waals surface area (Å²) >= 11 is 6.07. The van der Waals surface area contributed by atoms with Crippen LogP contribution in [0.25, 0.3) is 0 Å². The topological polar surface area (TPSA) is 50.7 Å². The van der Waals surface area contributed by atoms with E-state index in [1.165, 1.54) is 18.3 Å². The SMILES string of the molecule is Cc1ccc(C(=O)N/N=C\c2ccc(OCc3ccc(F)cc3)cc2)c(Cl)c1. The molecule has 3 aromatic rings. The van der Waals surface area contributed by atoms with Crippen molar-refractivity contribution in [1.29, 1.82) is 0 Å². The molecule has 4 nitrogen and oxygen atoms in total. The number of halogens is 2. The van der Waals surface area contributed by atoms with Crippen LogP contribution in [0.15, 0.2) is 71.8 Å². The number of carbonyl (C=O) groups is 1. The van der Waals surface area contributed by atoms with E-state index in [4.69, 9.17) is 16.3 Å². The second-order valence-electron chi connectivity index (χ2n) is 6.17. The Balaban J connectivity index is 1.53. The number of hydrazone groups is 1. The third kappa shape index (κ3) is 5.41. The van der Waals surface area contributed by atoms with Crippen molar-refractivity contribution in [3.05, 3.63) is 99.8 Å². The average molecular weight is 397 g/mol. The first-order chi connectivity index (χ1) is 13.5. The van der Waals surface area contributed by atoms with Crippen molar-refractivity contribution >= 4 is 23.7 Å². The summed E-state index contributed by atoms with van der Waals surface area (Å²) in [6.07, 6.45) is 1.53. The summed E-state index contributed by atoms with van der Waals surface area (Å²) in [5.41, 5.74) is 5.48. The Labute approximate surface area is 167 Å². The van der Waals surface area contributed by atoms with Crippen molar-refractivity contribution in [3.8, 4) is 5.75 Å². The van der Waals surface area contributed by atoms with Crippen molar-refractivity contribution in [2.45, 2.75) is 13.5 Å². The Morgan fingerprint density at radius 2 is 1.82 bits per heavy atom. The fourth-order valence-corrected chi connectivity index (χ4v) is 2.75. The highest BCUT2D eigenvalue weighted by atomic mass is 35.5. The standard InChI is InChI=1S/C22H18ClFN2O2/c1-15-2-11-20(21(23)12-15)22(27)26-25-13-16-5-9-19(10-6-16)28-14-17-3-7-18(24)8-4-17/h2-13H,14H2,1H3,(H,26,27)/b25-13-. The Morgan fingerprint density at radius 1 is 1.11 bits per heavy atom. The summed E-state index contributed by atoms with van der Waals surface area (Å²) in [7, 11) is 0. The van der Waals surface area contributed by atoms with Gasteiger partial charge < -0.3 is 4.74 Å². The molecule has 0 unspecified atom stereocenters. The first-order valence-electron chi connectivity index (χ1n) is 8.58. The van der Waals surface area contributed by atoms with Crippen LogP contribution in [0.1, 0.15) is 27.0 Å². The van der Waals surface area contributed by atoms with Crippen molar-refractivity contribution in [2.24, 2.45) is 5.10 Å². The largest absolute Gasteiger partial charge is 0.489 e. The van der Waals surface area contributed by atoms with Crippen LogP contribution < -0.4 is 10.2 Å². The monoisotopic (exact) mass is 396 g/mol. The molecule has 1 amide bonds. The molecule has 142 valence electrons. The lowest BCUT2D eigenvalue weighted by atomic mass is 10.1. The van der Waals surface area contributed by atoms with E-state index in [-0.39, 0.29) is 11.7 Å². The fourth-order valence-electron chi connectivity index (χ4n) is 2.43. The van der Waals surface area contributed by atoms with E-state index in [9.17, 15) is 9.18 Å². The Morgan fingerprint density at radius 3 is 2.50 bits per heavy atom. The van der Waals surface area contributed by atoms with Gasteiger partial charge in [0.25, 0.3) is 5.91 Å². The molecule has 0 aliphatic carbocycles. The molecule has 28 heavy (non-hydrogen) atoms. The van der Waals surface area contributed by atoms with Crippen LogP contribution >= 0.6 is 11.6 Å². The van der Waals surface area contributed by atoms with E-state index < -0.39 is 0 Å². The summed E-state index contributed by atoms with van der Waals surface area (Å²) < 4.78 is 18.6. The second kappa shape index (κ2) is 9.15. The summed E-state index contributed by atoms with van der Waals surface area (Å²) in [6, 6.07) is 18.6. The van der Waals surface area contributed by atoms with Crippen LogP contribution in [0.2, 0.25) is 5.02 Å². The molecule has 0 radical (unpaired) electrons. The molecule has 0 spiro atoms. The molecule has 0 saturated heterocycles. The molecular weight excluding hydrogens is 379 g/mol. The van der Waals surface area contributed by atoms with Gasteiger partial charge in [-0.05, 0) is 72.1 Å². The van der Waals surface area contributed by atoms with Crippen molar-refractivity contribution in [2.75, 3.05) is 0 Å². The molecule has 6 heteroatoms. The van der Waals surface area contributed by atoms with Crippen LogP contribution in [0.4, 0.5) is 4.39 Å². The van der Waals surface area contributed by atoms with Gasteiger partial charge in [-0.2, -0.15) is 5.10 Å². The highest BCUT2D eigenvalue weighted by Crippen LogP contribution is 2.17. The number of ether oxygens (including phenoxy) is 1. The maximum atomic E-state index is 12.9. The van der Waals surface area contributed by atoms with E-state index in [2.05, 4.69) is 10.5 Å². The zero-order valence-electron chi connectivity index (χ0n) is 15.2. The molecule has 0 aliphatic rings. The minimum Gasteiger partial charge on any atom is -0.489 e. The number of rotatable bonds is 6. The maximum absolute atomic E-state index is 12.9. The van der Waals surface area contributed by atoms with Gasteiger partial charge in [-0.15, -0.1) is 0 Å². The summed E-state index contributed by atoms with van der Waals surface area (Å²) in [4.78, 5) is 12.1. The highest BCUT2D eigenvalue weighted by molar-refractivity contribution is 6.33.